The van der Waals surface area contributed by atoms with E-state index in [0.717, 1.165) is 17.7 Å². The molecule has 0 saturated carbocycles. The van der Waals surface area contributed by atoms with Crippen LogP contribution in [0.4, 0.5) is 5.69 Å². The van der Waals surface area contributed by atoms with Crippen molar-refractivity contribution in [2.45, 2.75) is 25.9 Å². The van der Waals surface area contributed by atoms with Gasteiger partial charge >= 0.3 is 0 Å². The Bertz CT molecular complexity index is 499. The molecule has 1 heterocycles. The van der Waals surface area contributed by atoms with Gasteiger partial charge in [-0.05, 0) is 31.0 Å². The van der Waals surface area contributed by atoms with Crippen LogP contribution in [0.1, 0.15) is 18.9 Å². The zero-order valence-corrected chi connectivity index (χ0v) is 11.4. The molecule has 1 saturated heterocycles. The lowest BCUT2D eigenvalue weighted by Gasteiger charge is -2.10. The van der Waals surface area contributed by atoms with Crippen molar-refractivity contribution in [1.82, 2.24) is 0 Å². The summed E-state index contributed by atoms with van der Waals surface area (Å²) in [4.78, 5) is 12.0. The third kappa shape index (κ3) is 3.71. The molecule has 1 amide bonds. The maximum Gasteiger partial charge on any atom is 0.229 e. The van der Waals surface area contributed by atoms with Crippen LogP contribution in [0, 0.1) is 5.92 Å². The van der Waals surface area contributed by atoms with Gasteiger partial charge in [-0.2, -0.15) is 0 Å². The number of nitrogens with zero attached hydrogens (tertiary/aromatic N) is 1. The molecule has 1 aromatic carbocycles. The first-order chi connectivity index (χ1) is 9.58. The van der Waals surface area contributed by atoms with Crippen molar-refractivity contribution in [3.05, 3.63) is 29.8 Å². The fraction of sp³-hybridized carbons (Fsp3) is 0.429. The van der Waals surface area contributed by atoms with Crippen molar-refractivity contribution in [2.75, 3.05) is 11.9 Å². The van der Waals surface area contributed by atoms with Crippen LogP contribution in [-0.4, -0.2) is 29.7 Å². The Hall–Kier alpha value is -2.08. The van der Waals surface area contributed by atoms with Gasteiger partial charge in [0.1, 0.15) is 5.84 Å². The van der Waals surface area contributed by atoms with Crippen molar-refractivity contribution < 1.29 is 14.7 Å². The van der Waals surface area contributed by atoms with Crippen molar-refractivity contribution in [1.29, 1.82) is 0 Å². The largest absolute Gasteiger partial charge is 0.409 e. The molecule has 20 heavy (non-hydrogen) atoms. The van der Waals surface area contributed by atoms with E-state index in [-0.39, 0.29) is 23.8 Å². The zero-order chi connectivity index (χ0) is 14.5. The molecule has 2 rings (SSSR count). The number of benzene rings is 1. The third-order valence-corrected chi connectivity index (χ3v) is 3.30. The summed E-state index contributed by atoms with van der Waals surface area (Å²) in [6.07, 6.45) is 1.28. The van der Waals surface area contributed by atoms with E-state index in [1.54, 1.807) is 12.1 Å². The van der Waals surface area contributed by atoms with E-state index in [4.69, 9.17) is 15.7 Å². The highest BCUT2D eigenvalue weighted by atomic mass is 16.5. The Kier molecular flexibility index (Phi) is 4.57. The van der Waals surface area contributed by atoms with Crippen LogP contribution in [-0.2, 0) is 16.0 Å². The summed E-state index contributed by atoms with van der Waals surface area (Å²) in [6.45, 7) is 2.45. The van der Waals surface area contributed by atoms with Crippen molar-refractivity contribution in [2.24, 2.45) is 16.8 Å². The number of hydrogen-bond donors (Lipinski definition) is 3. The number of anilines is 1. The summed E-state index contributed by atoms with van der Waals surface area (Å²) in [5.41, 5.74) is 7.08. The average Bonchev–Trinajstić information content (AvgIpc) is 2.87. The first-order valence-corrected chi connectivity index (χ1v) is 6.56. The van der Waals surface area contributed by atoms with Crippen molar-refractivity contribution in [3.8, 4) is 0 Å². The van der Waals surface area contributed by atoms with Crippen molar-refractivity contribution >= 4 is 17.4 Å². The maximum atomic E-state index is 12.0. The van der Waals surface area contributed by atoms with Crippen LogP contribution < -0.4 is 11.1 Å². The van der Waals surface area contributed by atoms with Gasteiger partial charge in [0.15, 0.2) is 0 Å². The van der Waals surface area contributed by atoms with Crippen molar-refractivity contribution in [3.63, 3.8) is 0 Å². The van der Waals surface area contributed by atoms with Crippen LogP contribution in [0.15, 0.2) is 29.4 Å². The van der Waals surface area contributed by atoms with Crippen LogP contribution in [0.2, 0.25) is 0 Å². The molecule has 4 N–H and O–H groups in total. The Labute approximate surface area is 117 Å². The van der Waals surface area contributed by atoms with Gasteiger partial charge in [0.05, 0.1) is 18.6 Å². The summed E-state index contributed by atoms with van der Waals surface area (Å²) >= 11 is 0. The number of hydrogen-bond acceptors (Lipinski definition) is 4. The summed E-state index contributed by atoms with van der Waals surface area (Å²) in [5.74, 6) is 0.0549. The molecule has 1 fully saturated rings. The maximum absolute atomic E-state index is 12.0. The first kappa shape index (κ1) is 14.3. The molecule has 6 heteroatoms. The second kappa shape index (κ2) is 6.38. The molecule has 2 unspecified atom stereocenters. The van der Waals surface area contributed by atoms with E-state index in [1.165, 1.54) is 0 Å². The Balaban J connectivity index is 1.92. The second-order valence-electron chi connectivity index (χ2n) is 5.03. The molecular formula is C14H19N3O3. The predicted molar refractivity (Wildman–Crippen MR) is 75.7 cm³/mol. The van der Waals surface area contributed by atoms with E-state index < -0.39 is 0 Å². The minimum Gasteiger partial charge on any atom is -0.409 e. The van der Waals surface area contributed by atoms with Crippen LogP contribution in [0.25, 0.3) is 0 Å². The van der Waals surface area contributed by atoms with Gasteiger partial charge in [0.25, 0.3) is 0 Å². The third-order valence-electron chi connectivity index (χ3n) is 3.30. The topological polar surface area (TPSA) is 96.9 Å². The van der Waals surface area contributed by atoms with Gasteiger partial charge in [-0.15, -0.1) is 0 Å². The van der Waals surface area contributed by atoms with E-state index in [1.807, 2.05) is 19.1 Å². The molecule has 0 aromatic heterocycles. The van der Waals surface area contributed by atoms with Gasteiger partial charge in [-0.3, -0.25) is 4.79 Å². The average molecular weight is 277 g/mol. The van der Waals surface area contributed by atoms with Gasteiger partial charge in [-0.1, -0.05) is 17.3 Å². The summed E-state index contributed by atoms with van der Waals surface area (Å²) in [7, 11) is 0. The summed E-state index contributed by atoms with van der Waals surface area (Å²) in [6, 6.07) is 7.27. The number of nitrogens with two attached hydrogens (primary N) is 1. The first-order valence-electron chi connectivity index (χ1n) is 6.56. The predicted octanol–water partition coefficient (Wildman–Crippen LogP) is 1.34. The molecular weight excluding hydrogens is 258 g/mol. The lowest BCUT2D eigenvalue weighted by atomic mass is 10.1. The minimum atomic E-state index is -0.0816. The lowest BCUT2D eigenvalue weighted by molar-refractivity contribution is -0.119. The standard InChI is InChI=1S/C14H19N3O3/c1-9-6-11(8-20-9)14(18)16-12-4-2-10(3-5-12)7-13(15)17-19/h2-5,9,11,19H,6-8H2,1H3,(H2,15,17)(H,16,18). The quantitative estimate of drug-likeness (QED) is 0.335. The number of ether oxygens (including phenoxy) is 1. The van der Waals surface area contributed by atoms with Gasteiger partial charge in [-0.25, -0.2) is 0 Å². The van der Waals surface area contributed by atoms with Gasteiger partial charge < -0.3 is 21.0 Å². The number of nitrogens with one attached hydrogen (secondary N) is 1. The SMILES string of the molecule is CC1CC(C(=O)Nc2ccc(C/C(N)=N/O)cc2)CO1. The van der Waals surface area contributed by atoms with E-state index in [9.17, 15) is 4.79 Å². The number of amidine groups is 1. The Morgan fingerprint density at radius 1 is 1.50 bits per heavy atom. The molecule has 108 valence electrons. The molecule has 1 aliphatic rings. The molecule has 2 atom stereocenters. The summed E-state index contributed by atoms with van der Waals surface area (Å²) < 4.78 is 5.39. The molecule has 0 spiro atoms. The summed E-state index contributed by atoms with van der Waals surface area (Å²) in [5, 5.41) is 14.3. The highest BCUT2D eigenvalue weighted by Crippen LogP contribution is 2.21. The smallest absolute Gasteiger partial charge is 0.229 e. The van der Waals surface area contributed by atoms with E-state index >= 15 is 0 Å². The highest BCUT2D eigenvalue weighted by Gasteiger charge is 2.28. The minimum absolute atomic E-state index is 0.0152. The number of amides is 1. The number of carbonyl (C=O) groups excluding carboxylic acids is 1. The van der Waals surface area contributed by atoms with Gasteiger partial charge in [0, 0.05) is 12.1 Å². The van der Waals surface area contributed by atoms with Crippen LogP contribution in [0.5, 0.6) is 0 Å². The Morgan fingerprint density at radius 2 is 2.20 bits per heavy atom. The van der Waals surface area contributed by atoms with Gasteiger partial charge in [0.2, 0.25) is 5.91 Å². The molecule has 6 nitrogen and oxygen atoms in total. The van der Waals surface area contributed by atoms with Crippen LogP contribution >= 0.6 is 0 Å². The lowest BCUT2D eigenvalue weighted by Crippen LogP contribution is -2.23. The molecule has 0 bridgehead atoms. The Morgan fingerprint density at radius 3 is 2.75 bits per heavy atom. The molecule has 0 radical (unpaired) electrons. The van der Waals surface area contributed by atoms with E-state index in [2.05, 4.69) is 10.5 Å². The van der Waals surface area contributed by atoms with Crippen LogP contribution in [0.3, 0.4) is 0 Å². The molecule has 1 aromatic rings. The monoisotopic (exact) mass is 277 g/mol. The molecule has 0 aliphatic carbocycles. The zero-order valence-electron chi connectivity index (χ0n) is 11.4. The normalized spacial score (nSPS) is 22.8. The second-order valence-corrected chi connectivity index (χ2v) is 5.03. The number of rotatable bonds is 4. The van der Waals surface area contributed by atoms with E-state index in [0.29, 0.717) is 13.0 Å². The number of carbonyl (C=O) groups is 1. The molecule has 1 aliphatic heterocycles. The fourth-order valence-electron chi connectivity index (χ4n) is 2.19. The fourth-order valence-corrected chi connectivity index (χ4v) is 2.19. The highest BCUT2D eigenvalue weighted by molar-refractivity contribution is 5.92. The number of oxime groups is 1.